The quantitative estimate of drug-likeness (QED) is 0.570. The molecule has 0 bridgehead atoms. The third-order valence-electron chi connectivity index (χ3n) is 6.07. The number of methoxy groups -OCH3 is 1. The first-order chi connectivity index (χ1) is 16.2. The van der Waals surface area contributed by atoms with Gasteiger partial charge in [-0.3, -0.25) is 10.1 Å². The van der Waals surface area contributed by atoms with Crippen LogP contribution in [0.3, 0.4) is 0 Å². The lowest BCUT2D eigenvalue weighted by atomic mass is 9.88. The molecule has 2 amide bonds. The van der Waals surface area contributed by atoms with E-state index in [0.717, 1.165) is 20.1 Å². The highest BCUT2D eigenvalue weighted by Gasteiger charge is 2.60. The van der Waals surface area contributed by atoms with Gasteiger partial charge in [-0.05, 0) is 50.1 Å². The van der Waals surface area contributed by atoms with Crippen LogP contribution in [-0.4, -0.2) is 35.8 Å². The maximum atomic E-state index is 14.5. The van der Waals surface area contributed by atoms with Crippen molar-refractivity contribution in [3.05, 3.63) is 69.9 Å². The average Bonchev–Trinajstić information content (AvgIpc) is 3.09. The van der Waals surface area contributed by atoms with E-state index < -0.39 is 40.8 Å². The van der Waals surface area contributed by atoms with E-state index in [9.17, 15) is 31.5 Å². The van der Waals surface area contributed by atoms with Crippen molar-refractivity contribution in [3.63, 3.8) is 0 Å². The van der Waals surface area contributed by atoms with Gasteiger partial charge in [-0.15, -0.1) is 0 Å². The molecule has 11 heteroatoms. The molecule has 35 heavy (non-hydrogen) atoms. The van der Waals surface area contributed by atoms with Crippen molar-refractivity contribution in [1.82, 2.24) is 10.2 Å². The molecule has 0 saturated heterocycles. The number of nitrogens with one attached hydrogen (secondary N) is 1. The van der Waals surface area contributed by atoms with E-state index in [-0.39, 0.29) is 29.3 Å². The van der Waals surface area contributed by atoms with Crippen LogP contribution in [0, 0.1) is 6.92 Å². The number of ether oxygens (including phenoxy) is 2. The molecule has 1 N–H and O–H groups in total. The number of nitrogens with zero attached hydrogens (tertiary/aromatic N) is 1. The fourth-order valence-electron chi connectivity index (χ4n) is 4.36. The highest BCUT2D eigenvalue weighted by molar-refractivity contribution is 6.04. The van der Waals surface area contributed by atoms with Gasteiger partial charge < -0.3 is 14.4 Å². The summed E-state index contributed by atoms with van der Waals surface area (Å²) in [7, 11) is 1.10. The molecule has 2 aromatic rings. The molecule has 0 atom stereocenters. The lowest BCUT2D eigenvalue weighted by Gasteiger charge is -2.40. The highest BCUT2D eigenvalue weighted by atomic mass is 19.4. The van der Waals surface area contributed by atoms with Gasteiger partial charge in [-0.1, -0.05) is 18.2 Å². The zero-order valence-corrected chi connectivity index (χ0v) is 19.1. The van der Waals surface area contributed by atoms with Gasteiger partial charge in [0.05, 0.1) is 25.0 Å². The van der Waals surface area contributed by atoms with Crippen LogP contribution in [0.25, 0.3) is 5.70 Å². The zero-order chi connectivity index (χ0) is 25.9. The SMILES string of the molecule is COC(=O)NC1=C(N2Cc3ccccc3C2=O)c2c(ccc(C(F)(F)C(F)(F)F)c2C)OC1(C)C. The Kier molecular flexibility index (Phi) is 5.57. The first kappa shape index (κ1) is 24.5. The van der Waals surface area contributed by atoms with Crippen LogP contribution in [0.2, 0.25) is 0 Å². The number of benzene rings is 2. The fourth-order valence-corrected chi connectivity index (χ4v) is 4.36. The van der Waals surface area contributed by atoms with E-state index in [2.05, 4.69) is 10.1 Å². The first-order valence-corrected chi connectivity index (χ1v) is 10.5. The Balaban J connectivity index is 2.02. The molecule has 2 aromatic carbocycles. The lowest BCUT2D eigenvalue weighted by molar-refractivity contribution is -0.289. The van der Waals surface area contributed by atoms with Gasteiger partial charge in [0.2, 0.25) is 0 Å². The summed E-state index contributed by atoms with van der Waals surface area (Å²) in [5.74, 6) is -5.68. The summed E-state index contributed by atoms with van der Waals surface area (Å²) in [6.07, 6.45) is -6.78. The number of fused-ring (bicyclic) bond motifs is 2. The molecule has 0 saturated carbocycles. The summed E-state index contributed by atoms with van der Waals surface area (Å²) in [6.45, 7) is 4.22. The van der Waals surface area contributed by atoms with E-state index in [1.807, 2.05) is 0 Å². The number of hydrogen-bond acceptors (Lipinski definition) is 4. The van der Waals surface area contributed by atoms with Crippen molar-refractivity contribution in [2.75, 3.05) is 7.11 Å². The molecule has 0 aromatic heterocycles. The Morgan fingerprint density at radius 3 is 2.37 bits per heavy atom. The second-order valence-corrected chi connectivity index (χ2v) is 8.68. The fraction of sp³-hybridized carbons (Fsp3) is 0.333. The van der Waals surface area contributed by atoms with Crippen molar-refractivity contribution in [2.45, 2.75) is 45.0 Å². The molecule has 0 fully saturated rings. The summed E-state index contributed by atoms with van der Waals surface area (Å²) in [6, 6.07) is 8.33. The monoisotopic (exact) mass is 496 g/mol. The van der Waals surface area contributed by atoms with Crippen LogP contribution < -0.4 is 10.1 Å². The second kappa shape index (κ2) is 7.96. The third kappa shape index (κ3) is 3.78. The van der Waals surface area contributed by atoms with Gasteiger partial charge in [0, 0.05) is 16.7 Å². The molecular formula is C24H21F5N2O4. The summed E-state index contributed by atoms with van der Waals surface area (Å²) >= 11 is 0. The van der Waals surface area contributed by atoms with Crippen LogP contribution >= 0.6 is 0 Å². The van der Waals surface area contributed by atoms with Gasteiger partial charge in [0.1, 0.15) is 11.4 Å². The number of carbonyl (C=O) groups excluding carboxylic acids is 2. The second-order valence-electron chi connectivity index (χ2n) is 8.68. The third-order valence-corrected chi connectivity index (χ3v) is 6.07. The number of rotatable bonds is 3. The molecule has 6 nitrogen and oxygen atoms in total. The predicted octanol–water partition coefficient (Wildman–Crippen LogP) is 5.50. The van der Waals surface area contributed by atoms with Gasteiger partial charge in [0.15, 0.2) is 0 Å². The molecular weight excluding hydrogens is 475 g/mol. The average molecular weight is 496 g/mol. The zero-order valence-electron chi connectivity index (χ0n) is 19.1. The van der Waals surface area contributed by atoms with Crippen molar-refractivity contribution in [3.8, 4) is 5.75 Å². The molecule has 4 rings (SSSR count). The van der Waals surface area contributed by atoms with Crippen LogP contribution in [-0.2, 0) is 17.2 Å². The predicted molar refractivity (Wildman–Crippen MR) is 115 cm³/mol. The molecule has 0 radical (unpaired) electrons. The Bertz CT molecular complexity index is 1270. The Hall–Kier alpha value is -3.63. The number of amides is 2. The highest BCUT2D eigenvalue weighted by Crippen LogP contribution is 2.51. The molecule has 186 valence electrons. The minimum absolute atomic E-state index is 0.00550. The number of halogens is 5. The van der Waals surface area contributed by atoms with E-state index >= 15 is 0 Å². The normalized spacial score (nSPS) is 17.1. The van der Waals surface area contributed by atoms with Gasteiger partial charge >= 0.3 is 18.2 Å². The molecule has 2 aliphatic rings. The minimum atomic E-state index is -5.85. The topological polar surface area (TPSA) is 67.9 Å². The summed E-state index contributed by atoms with van der Waals surface area (Å²) < 4.78 is 79.3. The van der Waals surface area contributed by atoms with Crippen molar-refractivity contribution < 1.29 is 41.0 Å². The number of alkyl carbamates (subject to hydrolysis) is 1. The maximum absolute atomic E-state index is 14.5. The molecule has 2 aliphatic heterocycles. The number of hydrogen-bond donors (Lipinski definition) is 1. The summed E-state index contributed by atoms with van der Waals surface area (Å²) in [5, 5.41) is 2.48. The molecule has 0 spiro atoms. The lowest BCUT2D eigenvalue weighted by Crippen LogP contribution is -2.46. The van der Waals surface area contributed by atoms with Gasteiger partial charge in [-0.2, -0.15) is 22.0 Å². The van der Waals surface area contributed by atoms with Crippen LogP contribution in [0.5, 0.6) is 5.75 Å². The minimum Gasteiger partial charge on any atom is -0.481 e. The standard InChI is InChI=1S/C24H21F5N2O4/c1-12-15(23(25,26)24(27,28)29)9-10-16-17(12)18(19(22(2,3)35-16)30-21(33)34-4)31-11-13-7-5-6-8-14(13)20(31)32/h5-10H,11H2,1-4H3,(H,30,33). The van der Waals surface area contributed by atoms with Crippen LogP contribution in [0.4, 0.5) is 26.7 Å². The summed E-state index contributed by atoms with van der Waals surface area (Å²) in [4.78, 5) is 26.8. The van der Waals surface area contributed by atoms with Crippen molar-refractivity contribution >= 4 is 17.7 Å². The van der Waals surface area contributed by atoms with Crippen molar-refractivity contribution in [1.29, 1.82) is 0 Å². The summed E-state index contributed by atoms with van der Waals surface area (Å²) in [5.41, 5.74) is -2.28. The van der Waals surface area contributed by atoms with Gasteiger partial charge in [0.25, 0.3) is 5.91 Å². The largest absolute Gasteiger partial charge is 0.481 e. The Labute approximate surface area is 197 Å². The van der Waals surface area contributed by atoms with Crippen LogP contribution in [0.15, 0.2) is 42.1 Å². The molecule has 2 heterocycles. The van der Waals surface area contributed by atoms with Crippen LogP contribution in [0.1, 0.15) is 46.5 Å². The van der Waals surface area contributed by atoms with Gasteiger partial charge in [-0.25, -0.2) is 4.79 Å². The maximum Gasteiger partial charge on any atom is 0.458 e. The van der Waals surface area contributed by atoms with E-state index in [0.29, 0.717) is 17.2 Å². The molecule has 0 unspecified atom stereocenters. The first-order valence-electron chi connectivity index (χ1n) is 10.5. The smallest absolute Gasteiger partial charge is 0.458 e. The number of carbonyl (C=O) groups is 2. The van der Waals surface area contributed by atoms with E-state index in [4.69, 9.17) is 4.74 Å². The Morgan fingerprint density at radius 1 is 1.11 bits per heavy atom. The van der Waals surface area contributed by atoms with E-state index in [1.165, 1.54) is 4.90 Å². The van der Waals surface area contributed by atoms with Crippen molar-refractivity contribution in [2.24, 2.45) is 0 Å². The number of alkyl halides is 5. The van der Waals surface area contributed by atoms with E-state index in [1.54, 1.807) is 38.1 Å². The molecule has 0 aliphatic carbocycles. The Morgan fingerprint density at radius 2 is 1.77 bits per heavy atom.